The highest BCUT2D eigenvalue weighted by Gasteiger charge is 2.13. The minimum Gasteiger partial charge on any atom is -0.492 e. The van der Waals surface area contributed by atoms with Gasteiger partial charge in [0.05, 0.1) is 24.1 Å². The van der Waals surface area contributed by atoms with Crippen LogP contribution >= 0.6 is 0 Å². The zero-order chi connectivity index (χ0) is 22.5. The van der Waals surface area contributed by atoms with Gasteiger partial charge in [0.15, 0.2) is 0 Å². The lowest BCUT2D eigenvalue weighted by Crippen LogP contribution is -2.25. The van der Waals surface area contributed by atoms with Crippen molar-refractivity contribution in [1.29, 1.82) is 0 Å². The number of nitrogens with one attached hydrogen (secondary N) is 1. The third-order valence-electron chi connectivity index (χ3n) is 5.55. The number of hydrogen-bond acceptors (Lipinski definition) is 3. The van der Waals surface area contributed by atoms with Gasteiger partial charge in [-0.25, -0.2) is 4.98 Å². The molecule has 1 amide bonds. The molecule has 0 unspecified atom stereocenters. The molecule has 3 aromatic carbocycles. The predicted molar refractivity (Wildman–Crippen MR) is 128 cm³/mol. The normalized spacial score (nSPS) is 11.1. The van der Waals surface area contributed by atoms with Gasteiger partial charge in [0.1, 0.15) is 18.2 Å². The first-order valence-electron chi connectivity index (χ1n) is 11.0. The summed E-state index contributed by atoms with van der Waals surface area (Å²) in [6.07, 6.45) is 0. The van der Waals surface area contributed by atoms with Gasteiger partial charge in [-0.3, -0.25) is 4.79 Å². The number of benzene rings is 3. The molecule has 4 aromatic rings. The SMILES string of the molecule is Cc1cccc(C(=O)NCc2nc3ccccc3n2CCOc2ccc(C(C)C)cc2)c1. The van der Waals surface area contributed by atoms with Crippen LogP contribution in [0.15, 0.2) is 72.8 Å². The average molecular weight is 428 g/mol. The first-order chi connectivity index (χ1) is 15.5. The lowest BCUT2D eigenvalue weighted by atomic mass is 10.0. The molecule has 0 atom stereocenters. The van der Waals surface area contributed by atoms with Gasteiger partial charge in [0, 0.05) is 5.56 Å². The average Bonchev–Trinajstić information content (AvgIpc) is 3.15. The second-order valence-corrected chi connectivity index (χ2v) is 8.29. The Balaban J connectivity index is 1.45. The number of aromatic nitrogens is 2. The van der Waals surface area contributed by atoms with Gasteiger partial charge in [-0.05, 0) is 54.8 Å². The van der Waals surface area contributed by atoms with Crippen LogP contribution in [0, 0.1) is 6.92 Å². The Labute approximate surface area is 189 Å². The first-order valence-corrected chi connectivity index (χ1v) is 11.0. The van der Waals surface area contributed by atoms with Gasteiger partial charge in [0.25, 0.3) is 5.91 Å². The Morgan fingerprint density at radius 3 is 2.56 bits per heavy atom. The standard InChI is InChI=1S/C27H29N3O2/c1-19(2)21-11-13-23(14-12-21)32-16-15-30-25-10-5-4-9-24(25)29-26(30)18-28-27(31)22-8-6-7-20(3)17-22/h4-14,17,19H,15-16,18H2,1-3H3,(H,28,31). The van der Waals surface area contributed by atoms with Crippen molar-refractivity contribution in [2.75, 3.05) is 6.61 Å². The third-order valence-corrected chi connectivity index (χ3v) is 5.55. The summed E-state index contributed by atoms with van der Waals surface area (Å²) in [7, 11) is 0. The second-order valence-electron chi connectivity index (χ2n) is 8.29. The molecular formula is C27H29N3O2. The molecule has 32 heavy (non-hydrogen) atoms. The summed E-state index contributed by atoms with van der Waals surface area (Å²) in [6, 6.07) is 23.8. The van der Waals surface area contributed by atoms with Crippen LogP contribution in [-0.2, 0) is 13.1 Å². The molecule has 0 aliphatic rings. The van der Waals surface area contributed by atoms with Crippen molar-refractivity contribution < 1.29 is 9.53 Å². The van der Waals surface area contributed by atoms with E-state index >= 15 is 0 Å². The van der Waals surface area contributed by atoms with E-state index in [2.05, 4.69) is 35.9 Å². The highest BCUT2D eigenvalue weighted by atomic mass is 16.5. The number of ether oxygens (including phenoxy) is 1. The molecule has 0 fully saturated rings. The molecule has 5 heteroatoms. The minimum absolute atomic E-state index is 0.103. The number of rotatable bonds is 8. The van der Waals surface area contributed by atoms with Crippen LogP contribution in [0.2, 0.25) is 0 Å². The number of hydrogen-bond donors (Lipinski definition) is 1. The number of fused-ring (bicyclic) bond motifs is 1. The van der Waals surface area contributed by atoms with E-state index in [-0.39, 0.29) is 5.91 Å². The minimum atomic E-state index is -0.103. The Bertz CT molecular complexity index is 1210. The van der Waals surface area contributed by atoms with E-state index in [0.717, 1.165) is 28.2 Å². The first kappa shape index (κ1) is 21.6. The monoisotopic (exact) mass is 427 g/mol. The molecule has 0 saturated heterocycles. The number of carbonyl (C=O) groups is 1. The molecular weight excluding hydrogens is 398 g/mol. The molecule has 0 radical (unpaired) electrons. The lowest BCUT2D eigenvalue weighted by molar-refractivity contribution is 0.0949. The fourth-order valence-electron chi connectivity index (χ4n) is 3.76. The molecule has 0 aliphatic heterocycles. The number of para-hydroxylation sites is 2. The third kappa shape index (κ3) is 4.99. The van der Waals surface area contributed by atoms with Crippen LogP contribution in [-0.4, -0.2) is 22.1 Å². The van der Waals surface area contributed by atoms with Crippen molar-refractivity contribution in [3.63, 3.8) is 0 Å². The number of imidazole rings is 1. The lowest BCUT2D eigenvalue weighted by Gasteiger charge is -2.12. The van der Waals surface area contributed by atoms with E-state index in [9.17, 15) is 4.79 Å². The summed E-state index contributed by atoms with van der Waals surface area (Å²) in [5.74, 6) is 2.06. The quantitative estimate of drug-likeness (QED) is 0.405. The maximum absolute atomic E-state index is 12.6. The van der Waals surface area contributed by atoms with Gasteiger partial charge in [-0.1, -0.05) is 55.8 Å². The van der Waals surface area contributed by atoms with Crippen molar-refractivity contribution in [3.05, 3.63) is 95.3 Å². The summed E-state index contributed by atoms with van der Waals surface area (Å²) in [4.78, 5) is 17.3. The zero-order valence-corrected chi connectivity index (χ0v) is 18.8. The van der Waals surface area contributed by atoms with Gasteiger partial charge in [-0.15, -0.1) is 0 Å². The van der Waals surface area contributed by atoms with Crippen molar-refractivity contribution in [1.82, 2.24) is 14.9 Å². The number of aryl methyl sites for hydroxylation is 1. The van der Waals surface area contributed by atoms with Crippen LogP contribution in [0.3, 0.4) is 0 Å². The molecule has 1 N–H and O–H groups in total. The fourth-order valence-corrected chi connectivity index (χ4v) is 3.76. The molecule has 4 rings (SSSR count). The molecule has 0 aliphatic carbocycles. The Kier molecular flexibility index (Phi) is 6.55. The summed E-state index contributed by atoms with van der Waals surface area (Å²) in [5, 5.41) is 3.01. The molecule has 0 saturated carbocycles. The molecule has 0 spiro atoms. The van der Waals surface area contributed by atoms with Crippen LogP contribution in [0.25, 0.3) is 11.0 Å². The van der Waals surface area contributed by atoms with Crippen molar-refractivity contribution in [3.8, 4) is 5.75 Å². The summed E-state index contributed by atoms with van der Waals surface area (Å²) >= 11 is 0. The van der Waals surface area contributed by atoms with Gasteiger partial charge >= 0.3 is 0 Å². The second kappa shape index (κ2) is 9.69. The van der Waals surface area contributed by atoms with Crippen LogP contribution in [0.1, 0.15) is 47.1 Å². The molecule has 164 valence electrons. The molecule has 5 nitrogen and oxygen atoms in total. The Hall–Kier alpha value is -3.60. The molecule has 0 bridgehead atoms. The van der Waals surface area contributed by atoms with Gasteiger partial charge in [-0.2, -0.15) is 0 Å². The topological polar surface area (TPSA) is 56.2 Å². The Morgan fingerprint density at radius 2 is 1.81 bits per heavy atom. The van der Waals surface area contributed by atoms with E-state index < -0.39 is 0 Å². The summed E-state index contributed by atoms with van der Waals surface area (Å²) in [5.41, 5.74) is 4.95. The highest BCUT2D eigenvalue weighted by Crippen LogP contribution is 2.20. The van der Waals surface area contributed by atoms with Crippen LogP contribution < -0.4 is 10.1 Å². The zero-order valence-electron chi connectivity index (χ0n) is 18.8. The predicted octanol–water partition coefficient (Wildman–Crippen LogP) is 5.48. The number of carbonyl (C=O) groups excluding carboxylic acids is 1. The van der Waals surface area contributed by atoms with E-state index in [0.29, 0.717) is 31.2 Å². The van der Waals surface area contributed by atoms with Crippen molar-refractivity contribution in [2.45, 2.75) is 39.8 Å². The fraction of sp³-hybridized carbons (Fsp3) is 0.259. The maximum Gasteiger partial charge on any atom is 0.251 e. The molecule has 1 aromatic heterocycles. The Morgan fingerprint density at radius 1 is 1.03 bits per heavy atom. The number of nitrogens with zero attached hydrogens (tertiary/aromatic N) is 2. The van der Waals surface area contributed by atoms with Gasteiger partial charge < -0.3 is 14.6 Å². The van der Waals surface area contributed by atoms with Crippen LogP contribution in [0.5, 0.6) is 5.75 Å². The molecule has 1 heterocycles. The van der Waals surface area contributed by atoms with Crippen LogP contribution in [0.4, 0.5) is 0 Å². The van der Waals surface area contributed by atoms with E-state index in [4.69, 9.17) is 9.72 Å². The maximum atomic E-state index is 12.6. The van der Waals surface area contributed by atoms with E-state index in [1.807, 2.05) is 67.6 Å². The number of amides is 1. The van der Waals surface area contributed by atoms with Crippen molar-refractivity contribution >= 4 is 16.9 Å². The highest BCUT2D eigenvalue weighted by molar-refractivity contribution is 5.94. The summed E-state index contributed by atoms with van der Waals surface area (Å²) < 4.78 is 8.11. The summed E-state index contributed by atoms with van der Waals surface area (Å²) in [6.45, 7) is 7.85. The van der Waals surface area contributed by atoms with E-state index in [1.165, 1.54) is 5.56 Å². The van der Waals surface area contributed by atoms with E-state index in [1.54, 1.807) is 0 Å². The largest absolute Gasteiger partial charge is 0.492 e. The van der Waals surface area contributed by atoms with Crippen molar-refractivity contribution in [2.24, 2.45) is 0 Å². The van der Waals surface area contributed by atoms with Gasteiger partial charge in [0.2, 0.25) is 0 Å². The smallest absolute Gasteiger partial charge is 0.251 e.